The molecule has 4 heteroatoms. The Kier molecular flexibility index (Phi) is 3.24. The van der Waals surface area contributed by atoms with Gasteiger partial charge in [-0.15, -0.1) is 0 Å². The molecule has 0 bridgehead atoms. The Hall–Kier alpha value is -1.78. The van der Waals surface area contributed by atoms with Crippen molar-refractivity contribution in [3.05, 3.63) is 59.7 Å². The van der Waals surface area contributed by atoms with Crippen molar-refractivity contribution in [1.29, 1.82) is 0 Å². The molecule has 16 heavy (non-hydrogen) atoms. The molecular weight excluding hydrogens is 200 g/mol. The zero-order valence-electron chi connectivity index (χ0n) is 9.09. The first kappa shape index (κ1) is 10.7. The Balaban J connectivity index is 2.37. The average Bonchev–Trinajstić information content (AvgIpc) is 2.31. The van der Waals surface area contributed by atoms with E-state index in [0.29, 0.717) is 0 Å². The lowest BCUT2D eigenvalue weighted by Crippen LogP contribution is -2.29. The fraction of sp³-hybridized carbons (Fsp3) is 0.167. The maximum atomic E-state index is 5.58. The molecule has 1 unspecified atom stereocenters. The van der Waals surface area contributed by atoms with Gasteiger partial charge in [-0.05, 0) is 29.7 Å². The highest BCUT2D eigenvalue weighted by molar-refractivity contribution is 5.29. The Morgan fingerprint density at radius 1 is 1.19 bits per heavy atom. The molecule has 82 valence electrons. The first-order chi connectivity index (χ1) is 7.81. The topological polar surface area (TPSA) is 63.8 Å². The molecule has 0 spiro atoms. The summed E-state index contributed by atoms with van der Waals surface area (Å²) in [4.78, 5) is 8.25. The second-order valence-electron chi connectivity index (χ2n) is 3.68. The van der Waals surface area contributed by atoms with Gasteiger partial charge in [-0.25, -0.2) is 5.43 Å². The first-order valence-corrected chi connectivity index (χ1v) is 5.09. The zero-order chi connectivity index (χ0) is 11.4. The number of nitrogens with two attached hydrogens (primary N) is 1. The summed E-state index contributed by atoms with van der Waals surface area (Å²) in [5.41, 5.74) is 5.96. The summed E-state index contributed by atoms with van der Waals surface area (Å²) in [6.45, 7) is 2.01. The molecule has 0 aliphatic rings. The third-order valence-electron chi connectivity index (χ3n) is 2.41. The van der Waals surface area contributed by atoms with Crippen molar-refractivity contribution in [3.8, 4) is 0 Å². The van der Waals surface area contributed by atoms with Crippen molar-refractivity contribution >= 4 is 0 Å². The van der Waals surface area contributed by atoms with Gasteiger partial charge in [0.25, 0.3) is 0 Å². The molecule has 0 aliphatic heterocycles. The minimum absolute atomic E-state index is 0.0684. The quantitative estimate of drug-likeness (QED) is 0.597. The van der Waals surface area contributed by atoms with E-state index in [1.54, 1.807) is 12.4 Å². The van der Waals surface area contributed by atoms with Gasteiger partial charge >= 0.3 is 0 Å². The predicted molar refractivity (Wildman–Crippen MR) is 62.4 cm³/mol. The third-order valence-corrected chi connectivity index (χ3v) is 2.41. The molecule has 0 saturated heterocycles. The number of aryl methyl sites for hydroxylation is 1. The summed E-state index contributed by atoms with van der Waals surface area (Å²) in [5.74, 6) is 5.58. The SMILES string of the molecule is Cc1cncc(C(NN)c2cccnc2)c1. The summed E-state index contributed by atoms with van der Waals surface area (Å²) in [6, 6.07) is 5.87. The third kappa shape index (κ3) is 2.24. The Morgan fingerprint density at radius 3 is 2.62 bits per heavy atom. The summed E-state index contributed by atoms with van der Waals surface area (Å²) >= 11 is 0. The van der Waals surface area contributed by atoms with Gasteiger partial charge in [0.1, 0.15) is 0 Å². The minimum atomic E-state index is -0.0684. The van der Waals surface area contributed by atoms with Crippen molar-refractivity contribution in [3.63, 3.8) is 0 Å². The van der Waals surface area contributed by atoms with Crippen molar-refractivity contribution in [2.75, 3.05) is 0 Å². The number of rotatable bonds is 3. The standard InChI is InChI=1S/C12H14N4/c1-9-5-11(8-15-6-9)12(16-13)10-3-2-4-14-7-10/h2-8,12,16H,13H2,1H3. The number of hydrogen-bond donors (Lipinski definition) is 2. The highest BCUT2D eigenvalue weighted by Crippen LogP contribution is 2.19. The largest absolute Gasteiger partial charge is 0.271 e. The van der Waals surface area contributed by atoms with E-state index in [9.17, 15) is 0 Å². The van der Waals surface area contributed by atoms with Crippen LogP contribution in [-0.2, 0) is 0 Å². The van der Waals surface area contributed by atoms with Gasteiger partial charge in [-0.2, -0.15) is 0 Å². The second-order valence-corrected chi connectivity index (χ2v) is 3.68. The maximum Gasteiger partial charge on any atom is 0.0739 e. The van der Waals surface area contributed by atoms with E-state index in [1.165, 1.54) is 0 Å². The van der Waals surface area contributed by atoms with Crippen molar-refractivity contribution in [2.45, 2.75) is 13.0 Å². The molecule has 3 N–H and O–H groups in total. The Morgan fingerprint density at radius 2 is 2.00 bits per heavy atom. The van der Waals surface area contributed by atoms with Crippen LogP contribution in [0.3, 0.4) is 0 Å². The van der Waals surface area contributed by atoms with Gasteiger partial charge in [0.2, 0.25) is 0 Å². The number of pyridine rings is 2. The van der Waals surface area contributed by atoms with Crippen LogP contribution in [0.15, 0.2) is 43.0 Å². The highest BCUT2D eigenvalue weighted by atomic mass is 15.2. The predicted octanol–water partition coefficient (Wildman–Crippen LogP) is 1.34. The monoisotopic (exact) mass is 214 g/mol. The van der Waals surface area contributed by atoms with Crippen LogP contribution >= 0.6 is 0 Å². The van der Waals surface area contributed by atoms with Crippen LogP contribution in [0, 0.1) is 6.92 Å². The molecule has 0 aromatic carbocycles. The van der Waals surface area contributed by atoms with Crippen LogP contribution in [0.2, 0.25) is 0 Å². The molecule has 2 aromatic heterocycles. The Bertz CT molecular complexity index is 456. The van der Waals surface area contributed by atoms with E-state index < -0.39 is 0 Å². The maximum absolute atomic E-state index is 5.58. The van der Waals surface area contributed by atoms with E-state index in [4.69, 9.17) is 5.84 Å². The molecule has 0 saturated carbocycles. The number of hydrogen-bond acceptors (Lipinski definition) is 4. The van der Waals surface area contributed by atoms with Crippen LogP contribution in [-0.4, -0.2) is 9.97 Å². The molecular formula is C12H14N4. The lowest BCUT2D eigenvalue weighted by molar-refractivity contribution is 0.632. The lowest BCUT2D eigenvalue weighted by atomic mass is 10.0. The summed E-state index contributed by atoms with van der Waals surface area (Å²) in [5, 5.41) is 0. The van der Waals surface area contributed by atoms with E-state index in [0.717, 1.165) is 16.7 Å². The molecule has 0 fully saturated rings. The van der Waals surface area contributed by atoms with E-state index in [-0.39, 0.29) is 6.04 Å². The van der Waals surface area contributed by atoms with Crippen LogP contribution in [0.1, 0.15) is 22.7 Å². The molecule has 0 amide bonds. The highest BCUT2D eigenvalue weighted by Gasteiger charge is 2.12. The van der Waals surface area contributed by atoms with Gasteiger partial charge in [0, 0.05) is 24.8 Å². The zero-order valence-corrected chi connectivity index (χ0v) is 9.09. The first-order valence-electron chi connectivity index (χ1n) is 5.09. The molecule has 1 atom stereocenters. The fourth-order valence-corrected chi connectivity index (χ4v) is 1.67. The van der Waals surface area contributed by atoms with Crippen molar-refractivity contribution < 1.29 is 0 Å². The normalized spacial score (nSPS) is 12.4. The summed E-state index contributed by atoms with van der Waals surface area (Å²) in [6.07, 6.45) is 7.17. The van der Waals surface area contributed by atoms with E-state index in [1.807, 2.05) is 31.5 Å². The number of nitrogens with one attached hydrogen (secondary N) is 1. The fourth-order valence-electron chi connectivity index (χ4n) is 1.67. The summed E-state index contributed by atoms with van der Waals surface area (Å²) < 4.78 is 0. The molecule has 2 aromatic rings. The van der Waals surface area contributed by atoms with Gasteiger partial charge in [0.15, 0.2) is 0 Å². The number of hydrazine groups is 1. The van der Waals surface area contributed by atoms with E-state index >= 15 is 0 Å². The van der Waals surface area contributed by atoms with Crippen LogP contribution in [0.25, 0.3) is 0 Å². The van der Waals surface area contributed by atoms with Crippen LogP contribution < -0.4 is 11.3 Å². The van der Waals surface area contributed by atoms with Crippen molar-refractivity contribution in [2.24, 2.45) is 5.84 Å². The number of aromatic nitrogens is 2. The molecule has 0 radical (unpaired) electrons. The average molecular weight is 214 g/mol. The van der Waals surface area contributed by atoms with Crippen molar-refractivity contribution in [1.82, 2.24) is 15.4 Å². The van der Waals surface area contributed by atoms with Crippen LogP contribution in [0.5, 0.6) is 0 Å². The van der Waals surface area contributed by atoms with Gasteiger partial charge in [0.05, 0.1) is 6.04 Å². The van der Waals surface area contributed by atoms with Gasteiger partial charge < -0.3 is 0 Å². The second kappa shape index (κ2) is 4.83. The van der Waals surface area contributed by atoms with Crippen LogP contribution in [0.4, 0.5) is 0 Å². The summed E-state index contributed by atoms with van der Waals surface area (Å²) in [7, 11) is 0. The Labute approximate surface area is 94.5 Å². The minimum Gasteiger partial charge on any atom is -0.271 e. The van der Waals surface area contributed by atoms with E-state index in [2.05, 4.69) is 21.5 Å². The molecule has 2 heterocycles. The van der Waals surface area contributed by atoms with Gasteiger partial charge in [-0.3, -0.25) is 15.8 Å². The molecule has 4 nitrogen and oxygen atoms in total. The molecule has 0 aliphatic carbocycles. The van der Waals surface area contributed by atoms with Gasteiger partial charge in [-0.1, -0.05) is 12.1 Å². The number of nitrogens with zero attached hydrogens (tertiary/aromatic N) is 2. The lowest BCUT2D eigenvalue weighted by Gasteiger charge is -2.16. The smallest absolute Gasteiger partial charge is 0.0739 e. The molecule has 2 rings (SSSR count).